The summed E-state index contributed by atoms with van der Waals surface area (Å²) in [4.78, 5) is 11.3. The van der Waals surface area contributed by atoms with Crippen molar-refractivity contribution in [3.05, 3.63) is 58.6 Å². The number of anilines is 1. The van der Waals surface area contributed by atoms with E-state index in [-0.39, 0.29) is 12.1 Å². The van der Waals surface area contributed by atoms with Crippen LogP contribution >= 0.6 is 11.3 Å². The van der Waals surface area contributed by atoms with E-state index in [1.165, 1.54) is 34.7 Å². The van der Waals surface area contributed by atoms with E-state index in [1.807, 2.05) is 6.92 Å². The van der Waals surface area contributed by atoms with E-state index in [9.17, 15) is 13.9 Å². The molecule has 3 heterocycles. The number of thiazole rings is 1. The molecule has 0 unspecified atom stereocenters. The summed E-state index contributed by atoms with van der Waals surface area (Å²) < 4.78 is 29.6. The number of halogens is 2. The number of aliphatic hydroxyl groups is 1. The zero-order valence-corrected chi connectivity index (χ0v) is 16.0. The fourth-order valence-corrected chi connectivity index (χ4v) is 4.62. The molecular formula is C18H20F2N6OS. The van der Waals surface area contributed by atoms with Crippen molar-refractivity contribution in [2.24, 2.45) is 0 Å². The zero-order valence-electron chi connectivity index (χ0n) is 15.2. The Balaban J connectivity index is 1.70. The Kier molecular flexibility index (Phi) is 4.86. The first-order valence-electron chi connectivity index (χ1n) is 8.85. The van der Waals surface area contributed by atoms with Crippen molar-refractivity contribution in [2.75, 3.05) is 12.3 Å². The third-order valence-electron chi connectivity index (χ3n) is 5.28. The summed E-state index contributed by atoms with van der Waals surface area (Å²) in [7, 11) is 0. The van der Waals surface area contributed by atoms with Crippen molar-refractivity contribution in [3.63, 3.8) is 0 Å². The molecule has 28 heavy (non-hydrogen) atoms. The Morgan fingerprint density at radius 3 is 2.93 bits per heavy atom. The van der Waals surface area contributed by atoms with E-state index >= 15 is 0 Å². The fraction of sp³-hybridized carbons (Fsp3) is 0.389. The van der Waals surface area contributed by atoms with Crippen LogP contribution in [0.5, 0.6) is 0 Å². The maximum Gasteiger partial charge on any atom is 0.180 e. The van der Waals surface area contributed by atoms with E-state index in [0.29, 0.717) is 24.6 Å². The minimum absolute atomic E-state index is 0.0199. The second-order valence-corrected chi connectivity index (χ2v) is 8.08. The van der Waals surface area contributed by atoms with Crippen LogP contribution in [0.3, 0.4) is 0 Å². The smallest absolute Gasteiger partial charge is 0.180 e. The summed E-state index contributed by atoms with van der Waals surface area (Å²) in [6.07, 6.45) is 3.50. The Morgan fingerprint density at radius 2 is 2.21 bits per heavy atom. The largest absolute Gasteiger partial charge is 0.381 e. The van der Waals surface area contributed by atoms with E-state index < -0.39 is 23.3 Å². The second kappa shape index (κ2) is 7.19. The molecule has 2 aromatic heterocycles. The number of rotatable bonds is 5. The van der Waals surface area contributed by atoms with Crippen molar-refractivity contribution >= 4 is 16.5 Å². The van der Waals surface area contributed by atoms with Gasteiger partial charge in [-0.25, -0.2) is 23.4 Å². The molecule has 2 atom stereocenters. The average molecular weight is 406 g/mol. The molecule has 3 N–H and O–H groups in total. The Bertz CT molecular complexity index is 979. The number of hydrogen-bond acceptors (Lipinski definition) is 7. The number of hydrogen-bond donors (Lipinski definition) is 2. The zero-order chi connectivity index (χ0) is 19.9. The third-order valence-corrected chi connectivity index (χ3v) is 6.19. The Labute approximate surface area is 164 Å². The van der Waals surface area contributed by atoms with Crippen LogP contribution in [-0.4, -0.2) is 42.3 Å². The first kappa shape index (κ1) is 18.9. The van der Waals surface area contributed by atoms with Crippen molar-refractivity contribution in [3.8, 4) is 0 Å². The predicted octanol–water partition coefficient (Wildman–Crippen LogP) is 1.93. The molecule has 0 amide bonds. The van der Waals surface area contributed by atoms with E-state index in [0.717, 1.165) is 22.7 Å². The number of aromatic nitrogens is 4. The van der Waals surface area contributed by atoms with Gasteiger partial charge in [0, 0.05) is 42.1 Å². The Hall–Kier alpha value is -2.43. The quantitative estimate of drug-likeness (QED) is 0.673. The number of nitrogens with zero attached hydrogens (tertiary/aromatic N) is 5. The molecule has 0 spiro atoms. The first-order chi connectivity index (χ1) is 13.4. The maximum atomic E-state index is 14.7. The summed E-state index contributed by atoms with van der Waals surface area (Å²) in [5.74, 6) is -1.49. The summed E-state index contributed by atoms with van der Waals surface area (Å²) in [5.41, 5.74) is 5.15. The number of nitrogens with two attached hydrogens (primary N) is 1. The molecule has 0 saturated carbocycles. The molecule has 0 saturated heterocycles. The van der Waals surface area contributed by atoms with Gasteiger partial charge in [0.1, 0.15) is 29.9 Å². The molecule has 10 heteroatoms. The lowest BCUT2D eigenvalue weighted by molar-refractivity contribution is -0.0675. The fourth-order valence-electron chi connectivity index (χ4n) is 3.71. The van der Waals surface area contributed by atoms with Crippen LogP contribution in [0.15, 0.2) is 30.9 Å². The molecule has 3 aromatic rings. The minimum atomic E-state index is -1.65. The van der Waals surface area contributed by atoms with Gasteiger partial charge >= 0.3 is 0 Å². The lowest BCUT2D eigenvalue weighted by Gasteiger charge is -2.42. The summed E-state index contributed by atoms with van der Waals surface area (Å²) >= 11 is 1.42. The molecule has 148 valence electrons. The molecule has 0 fully saturated rings. The van der Waals surface area contributed by atoms with Crippen LogP contribution in [0, 0.1) is 11.6 Å². The van der Waals surface area contributed by atoms with Gasteiger partial charge < -0.3 is 10.8 Å². The average Bonchev–Trinajstić information content (AvgIpc) is 3.28. The van der Waals surface area contributed by atoms with Gasteiger partial charge in [-0.1, -0.05) is 6.07 Å². The van der Waals surface area contributed by atoms with Crippen molar-refractivity contribution < 1.29 is 13.9 Å². The lowest BCUT2D eigenvalue weighted by Crippen LogP contribution is -2.53. The van der Waals surface area contributed by atoms with Crippen molar-refractivity contribution in [1.29, 1.82) is 0 Å². The van der Waals surface area contributed by atoms with Gasteiger partial charge in [0.05, 0.1) is 12.2 Å². The topological polar surface area (TPSA) is 93.1 Å². The Morgan fingerprint density at radius 1 is 1.39 bits per heavy atom. The maximum absolute atomic E-state index is 14.7. The van der Waals surface area contributed by atoms with Gasteiger partial charge in [-0.2, -0.15) is 5.10 Å². The predicted molar refractivity (Wildman–Crippen MR) is 100 cm³/mol. The number of fused-ring (bicyclic) bond motifs is 1. The number of benzene rings is 1. The molecule has 4 rings (SSSR count). The molecule has 0 radical (unpaired) electrons. The van der Waals surface area contributed by atoms with E-state index in [1.54, 1.807) is 0 Å². The molecule has 1 aromatic carbocycles. The third kappa shape index (κ3) is 3.38. The van der Waals surface area contributed by atoms with Crippen LogP contribution in [0.25, 0.3) is 0 Å². The van der Waals surface area contributed by atoms with Crippen molar-refractivity contribution in [2.45, 2.75) is 38.1 Å². The molecular weight excluding hydrogens is 386 g/mol. The monoisotopic (exact) mass is 406 g/mol. The summed E-state index contributed by atoms with van der Waals surface area (Å²) in [6.45, 7) is 2.99. The molecule has 0 bridgehead atoms. The van der Waals surface area contributed by atoms with Crippen LogP contribution in [0.4, 0.5) is 13.9 Å². The lowest BCUT2D eigenvalue weighted by atomic mass is 9.85. The van der Waals surface area contributed by atoms with Gasteiger partial charge in [-0.15, -0.1) is 11.3 Å². The summed E-state index contributed by atoms with van der Waals surface area (Å²) in [5, 5.41) is 16.2. The molecule has 1 aliphatic heterocycles. The van der Waals surface area contributed by atoms with Crippen LogP contribution in [0.1, 0.15) is 23.1 Å². The molecule has 1 aliphatic rings. The van der Waals surface area contributed by atoms with Gasteiger partial charge in [0.25, 0.3) is 0 Å². The first-order valence-corrected chi connectivity index (χ1v) is 9.67. The standard InChI is InChI=1S/C18H20F2N6OS/c1-11(25-5-4-15-16(7-25)28-17(21)24-15)18(27,8-26-10-22-9-23-26)13-3-2-12(19)6-14(13)20/h2-3,6,9-11,27H,4-5,7-8H2,1H3,(H2,21,24)/t11-,18-/m0/s1. The van der Waals surface area contributed by atoms with E-state index in [4.69, 9.17) is 5.73 Å². The van der Waals surface area contributed by atoms with Gasteiger partial charge in [-0.3, -0.25) is 4.90 Å². The van der Waals surface area contributed by atoms with Gasteiger partial charge in [0.15, 0.2) is 5.13 Å². The van der Waals surface area contributed by atoms with Crippen molar-refractivity contribution in [1.82, 2.24) is 24.6 Å². The number of nitrogen functional groups attached to an aromatic ring is 1. The minimum Gasteiger partial charge on any atom is -0.381 e. The SMILES string of the molecule is C[C@H](N1CCc2nc(N)sc2C1)[C@@](O)(Cn1cncn1)c1ccc(F)cc1F. The highest BCUT2D eigenvalue weighted by Gasteiger charge is 2.43. The molecule has 0 aliphatic carbocycles. The van der Waals surface area contributed by atoms with Gasteiger partial charge in [0.2, 0.25) is 0 Å². The van der Waals surface area contributed by atoms with Gasteiger partial charge in [-0.05, 0) is 13.0 Å². The molecule has 7 nitrogen and oxygen atoms in total. The normalized spacial score (nSPS) is 17.9. The second-order valence-electron chi connectivity index (χ2n) is 6.96. The highest BCUT2D eigenvalue weighted by atomic mass is 32.1. The van der Waals surface area contributed by atoms with Crippen LogP contribution in [0.2, 0.25) is 0 Å². The highest BCUT2D eigenvalue weighted by molar-refractivity contribution is 7.15. The van der Waals surface area contributed by atoms with Crippen LogP contribution in [-0.2, 0) is 25.1 Å². The highest BCUT2D eigenvalue weighted by Crippen LogP contribution is 2.36. The van der Waals surface area contributed by atoms with Crippen LogP contribution < -0.4 is 5.73 Å². The van der Waals surface area contributed by atoms with E-state index in [2.05, 4.69) is 20.0 Å². The summed E-state index contributed by atoms with van der Waals surface area (Å²) in [6, 6.07) is 2.73.